The third-order valence-electron chi connectivity index (χ3n) is 2.86. The second-order valence-corrected chi connectivity index (χ2v) is 4.48. The highest BCUT2D eigenvalue weighted by Gasteiger charge is 2.09. The smallest absolute Gasteiger partial charge is 0.270 e. The predicted molar refractivity (Wildman–Crippen MR) is 77.0 cm³/mol. The molecular formula is C14H15N3O3. The summed E-state index contributed by atoms with van der Waals surface area (Å²) in [4.78, 5) is 14.4. The van der Waals surface area contributed by atoms with Crippen molar-refractivity contribution in [1.29, 1.82) is 0 Å². The van der Waals surface area contributed by atoms with Gasteiger partial charge in [0.1, 0.15) is 5.75 Å². The Balaban J connectivity index is 2.04. The van der Waals surface area contributed by atoms with E-state index in [0.29, 0.717) is 12.1 Å². The summed E-state index contributed by atoms with van der Waals surface area (Å²) in [7, 11) is 0. The minimum Gasteiger partial charge on any atom is -0.507 e. The standard InChI is InChI=1S/C14H15N3O3/c1-10-3-2-4-12(16-10)9-15-8-11-7-13(17(19)20)5-6-14(11)18/h2-8,12,16,18H,9H2,1H3. The highest BCUT2D eigenvalue weighted by atomic mass is 16.6. The first-order valence-electron chi connectivity index (χ1n) is 6.15. The van der Waals surface area contributed by atoms with E-state index in [0.717, 1.165) is 5.70 Å². The van der Waals surface area contributed by atoms with Gasteiger partial charge >= 0.3 is 0 Å². The lowest BCUT2D eigenvalue weighted by atomic mass is 10.2. The van der Waals surface area contributed by atoms with Crippen LogP contribution in [0.5, 0.6) is 5.75 Å². The van der Waals surface area contributed by atoms with E-state index in [1.54, 1.807) is 0 Å². The summed E-state index contributed by atoms with van der Waals surface area (Å²) in [5, 5.41) is 23.6. The third-order valence-corrected chi connectivity index (χ3v) is 2.86. The molecule has 0 aliphatic carbocycles. The van der Waals surface area contributed by atoms with E-state index in [2.05, 4.69) is 10.3 Å². The van der Waals surface area contributed by atoms with Crippen molar-refractivity contribution in [3.05, 3.63) is 57.8 Å². The second-order valence-electron chi connectivity index (χ2n) is 4.48. The monoisotopic (exact) mass is 273 g/mol. The first kappa shape index (κ1) is 13.8. The molecule has 20 heavy (non-hydrogen) atoms. The van der Waals surface area contributed by atoms with Crippen LogP contribution in [0.1, 0.15) is 12.5 Å². The quantitative estimate of drug-likeness (QED) is 0.500. The fourth-order valence-corrected chi connectivity index (χ4v) is 1.85. The van der Waals surface area contributed by atoms with Crippen molar-refractivity contribution in [3.8, 4) is 5.75 Å². The molecule has 1 aromatic rings. The van der Waals surface area contributed by atoms with Crippen LogP contribution in [0, 0.1) is 10.1 Å². The summed E-state index contributed by atoms with van der Waals surface area (Å²) < 4.78 is 0. The Kier molecular flexibility index (Phi) is 4.14. The Hall–Kier alpha value is -2.63. The van der Waals surface area contributed by atoms with Crippen molar-refractivity contribution in [2.24, 2.45) is 4.99 Å². The van der Waals surface area contributed by atoms with Crippen molar-refractivity contribution < 1.29 is 10.0 Å². The molecule has 6 nitrogen and oxygen atoms in total. The number of hydrogen-bond donors (Lipinski definition) is 2. The third kappa shape index (κ3) is 3.44. The van der Waals surface area contributed by atoms with Crippen molar-refractivity contribution in [2.45, 2.75) is 13.0 Å². The molecule has 1 heterocycles. The number of aliphatic imine (C=N–C) groups is 1. The number of nitro benzene ring substituents is 1. The van der Waals surface area contributed by atoms with Gasteiger partial charge in [0.2, 0.25) is 0 Å². The van der Waals surface area contributed by atoms with E-state index in [9.17, 15) is 15.2 Å². The number of nitrogens with one attached hydrogen (secondary N) is 1. The molecule has 1 atom stereocenters. The number of aromatic hydroxyl groups is 1. The Morgan fingerprint density at radius 3 is 3.05 bits per heavy atom. The number of phenolic OH excluding ortho intramolecular Hbond substituents is 1. The van der Waals surface area contributed by atoms with Gasteiger partial charge in [0.15, 0.2) is 0 Å². The molecule has 2 rings (SSSR count). The van der Waals surface area contributed by atoms with Crippen molar-refractivity contribution in [2.75, 3.05) is 6.54 Å². The van der Waals surface area contributed by atoms with Crippen molar-refractivity contribution in [3.63, 3.8) is 0 Å². The first-order valence-corrected chi connectivity index (χ1v) is 6.15. The Morgan fingerprint density at radius 2 is 2.35 bits per heavy atom. The molecule has 1 aliphatic heterocycles. The predicted octanol–water partition coefficient (Wildman–Crippen LogP) is 2.15. The molecule has 1 unspecified atom stereocenters. The van der Waals surface area contributed by atoms with Gasteiger partial charge in [-0.15, -0.1) is 0 Å². The fourth-order valence-electron chi connectivity index (χ4n) is 1.85. The Labute approximate surface area is 116 Å². The van der Waals surface area contributed by atoms with Crippen LogP contribution >= 0.6 is 0 Å². The molecule has 0 saturated heterocycles. The first-order chi connectivity index (χ1) is 9.56. The van der Waals surface area contributed by atoms with E-state index in [4.69, 9.17) is 0 Å². The van der Waals surface area contributed by atoms with Crippen LogP contribution in [-0.2, 0) is 0 Å². The lowest BCUT2D eigenvalue weighted by Crippen LogP contribution is -2.30. The molecule has 0 fully saturated rings. The summed E-state index contributed by atoms with van der Waals surface area (Å²) in [5.41, 5.74) is 1.33. The largest absolute Gasteiger partial charge is 0.507 e. The van der Waals surface area contributed by atoms with Crippen LogP contribution in [0.3, 0.4) is 0 Å². The van der Waals surface area contributed by atoms with Crippen LogP contribution in [0.15, 0.2) is 47.1 Å². The van der Waals surface area contributed by atoms with Crippen molar-refractivity contribution in [1.82, 2.24) is 5.32 Å². The topological polar surface area (TPSA) is 87.8 Å². The number of allylic oxidation sites excluding steroid dienone is 3. The van der Waals surface area contributed by atoms with Crippen LogP contribution in [0.4, 0.5) is 5.69 Å². The number of rotatable bonds is 4. The molecule has 104 valence electrons. The summed E-state index contributed by atoms with van der Waals surface area (Å²) in [5.74, 6) is -0.0254. The SMILES string of the molecule is CC1=CC=CC(CN=Cc2cc([N+](=O)[O-])ccc2O)N1. The van der Waals surface area contributed by atoms with E-state index >= 15 is 0 Å². The zero-order chi connectivity index (χ0) is 14.5. The van der Waals surface area contributed by atoms with Crippen LogP contribution in [0.25, 0.3) is 0 Å². The molecule has 0 amide bonds. The second kappa shape index (κ2) is 6.01. The molecule has 6 heteroatoms. The maximum Gasteiger partial charge on any atom is 0.270 e. The molecule has 0 saturated carbocycles. The van der Waals surface area contributed by atoms with E-state index < -0.39 is 4.92 Å². The molecule has 0 spiro atoms. The number of hydrogen-bond acceptors (Lipinski definition) is 5. The highest BCUT2D eigenvalue weighted by Crippen LogP contribution is 2.21. The minimum absolute atomic E-state index is 0.0254. The lowest BCUT2D eigenvalue weighted by Gasteiger charge is -2.17. The van der Waals surface area contributed by atoms with Gasteiger partial charge < -0.3 is 10.4 Å². The number of nitro groups is 1. The number of phenols is 1. The normalized spacial score (nSPS) is 17.9. The summed E-state index contributed by atoms with van der Waals surface area (Å²) in [6.45, 7) is 2.45. The summed E-state index contributed by atoms with van der Waals surface area (Å²) in [6.07, 6.45) is 7.35. The average Bonchev–Trinajstić information content (AvgIpc) is 2.40. The van der Waals surface area contributed by atoms with Gasteiger partial charge in [-0.05, 0) is 19.1 Å². The van der Waals surface area contributed by atoms with Gasteiger partial charge in [0, 0.05) is 29.6 Å². The number of benzene rings is 1. The fraction of sp³-hybridized carbons (Fsp3) is 0.214. The average molecular weight is 273 g/mol. The van der Waals surface area contributed by atoms with Gasteiger partial charge in [-0.2, -0.15) is 0 Å². The lowest BCUT2D eigenvalue weighted by molar-refractivity contribution is -0.384. The molecule has 1 aliphatic rings. The Morgan fingerprint density at radius 1 is 1.55 bits per heavy atom. The van der Waals surface area contributed by atoms with Crippen LogP contribution in [-0.4, -0.2) is 28.8 Å². The van der Waals surface area contributed by atoms with Gasteiger partial charge in [-0.3, -0.25) is 15.1 Å². The summed E-state index contributed by atoms with van der Waals surface area (Å²) in [6, 6.07) is 3.95. The molecule has 2 N–H and O–H groups in total. The van der Waals surface area contributed by atoms with Gasteiger partial charge in [-0.25, -0.2) is 0 Å². The van der Waals surface area contributed by atoms with Gasteiger partial charge in [0.25, 0.3) is 5.69 Å². The molecule has 0 bridgehead atoms. The minimum atomic E-state index is -0.504. The van der Waals surface area contributed by atoms with Gasteiger partial charge in [0.05, 0.1) is 17.5 Å². The van der Waals surface area contributed by atoms with Crippen LogP contribution < -0.4 is 5.32 Å². The highest BCUT2D eigenvalue weighted by molar-refractivity contribution is 5.84. The number of nitrogens with zero attached hydrogens (tertiary/aromatic N) is 2. The molecule has 0 radical (unpaired) electrons. The zero-order valence-corrected chi connectivity index (χ0v) is 11.0. The maximum absolute atomic E-state index is 10.7. The molecular weight excluding hydrogens is 258 g/mol. The number of non-ortho nitro benzene ring substituents is 1. The number of dihydropyridines is 1. The molecule has 1 aromatic carbocycles. The summed E-state index contributed by atoms with van der Waals surface area (Å²) >= 11 is 0. The zero-order valence-electron chi connectivity index (χ0n) is 11.0. The van der Waals surface area contributed by atoms with Crippen LogP contribution in [0.2, 0.25) is 0 Å². The van der Waals surface area contributed by atoms with E-state index in [-0.39, 0.29) is 17.5 Å². The van der Waals surface area contributed by atoms with Crippen molar-refractivity contribution >= 4 is 11.9 Å². The maximum atomic E-state index is 10.7. The van der Waals surface area contributed by atoms with E-state index in [1.807, 2.05) is 25.2 Å². The van der Waals surface area contributed by atoms with Gasteiger partial charge in [-0.1, -0.05) is 12.2 Å². The molecule has 0 aromatic heterocycles. The van der Waals surface area contributed by atoms with E-state index in [1.165, 1.54) is 24.4 Å². The Bertz CT molecular complexity index is 606.